The number of benzene rings is 1. The highest BCUT2D eigenvalue weighted by molar-refractivity contribution is 6.32. The second-order valence-electron chi connectivity index (χ2n) is 4.68. The maximum atomic E-state index is 13.1. The highest BCUT2D eigenvalue weighted by Crippen LogP contribution is 2.40. The Labute approximate surface area is 145 Å². The summed E-state index contributed by atoms with van der Waals surface area (Å²) in [5, 5.41) is -0.705. The summed E-state index contributed by atoms with van der Waals surface area (Å²) in [6, 6.07) is 1.32. The zero-order chi connectivity index (χ0) is 19.6. The first kappa shape index (κ1) is 21.6. The Kier molecular flexibility index (Phi) is 6.74. The Balaban J connectivity index is 0.00000151. The summed E-state index contributed by atoms with van der Waals surface area (Å²) >= 11 is 5.58. The van der Waals surface area contributed by atoms with E-state index in [-0.39, 0.29) is 12.1 Å². The van der Waals surface area contributed by atoms with Gasteiger partial charge in [0.25, 0.3) is 0 Å². The van der Waals surface area contributed by atoms with Gasteiger partial charge in [0.15, 0.2) is 0 Å². The molecule has 0 N–H and O–H groups in total. The lowest BCUT2D eigenvalue weighted by Crippen LogP contribution is -2.19. The molecule has 0 aliphatic rings. The van der Waals surface area contributed by atoms with Crippen molar-refractivity contribution >= 4 is 22.6 Å². The van der Waals surface area contributed by atoms with Crippen LogP contribution in [0.25, 0.3) is 11.0 Å². The van der Waals surface area contributed by atoms with Gasteiger partial charge >= 0.3 is 12.4 Å². The first-order valence-electron chi connectivity index (χ1n) is 7.44. The molecule has 1 aromatic carbocycles. The van der Waals surface area contributed by atoms with Gasteiger partial charge in [0.2, 0.25) is 5.82 Å². The van der Waals surface area contributed by atoms with Gasteiger partial charge in [-0.3, -0.25) is 4.57 Å². The van der Waals surface area contributed by atoms with Crippen LogP contribution in [-0.4, -0.2) is 16.2 Å². The number of halogens is 7. The summed E-state index contributed by atoms with van der Waals surface area (Å²) in [5.74, 6) is -1.34. The SMILES string of the molecule is CC.CCOC(C)n1c(C(F)(F)F)nc2cc(C(F)(F)F)c(Cl)cc21. The number of nitrogens with zero attached hydrogens (tertiary/aromatic N) is 2. The number of ether oxygens (including phenoxy) is 1. The molecule has 0 spiro atoms. The van der Waals surface area contributed by atoms with Crippen LogP contribution in [0.2, 0.25) is 5.02 Å². The smallest absolute Gasteiger partial charge is 0.359 e. The van der Waals surface area contributed by atoms with Crippen LogP contribution < -0.4 is 0 Å². The van der Waals surface area contributed by atoms with Gasteiger partial charge in [-0.05, 0) is 26.0 Å². The number of alkyl halides is 6. The molecule has 0 fully saturated rings. The molecule has 0 aliphatic carbocycles. The molecular weight excluding hydrogens is 374 g/mol. The normalized spacial score (nSPS) is 13.6. The largest absolute Gasteiger partial charge is 0.449 e. The van der Waals surface area contributed by atoms with E-state index in [4.69, 9.17) is 16.3 Å². The quantitative estimate of drug-likeness (QED) is 0.574. The molecule has 0 saturated heterocycles. The van der Waals surface area contributed by atoms with E-state index in [2.05, 4.69) is 4.98 Å². The average Bonchev–Trinajstić information content (AvgIpc) is 2.86. The molecule has 1 unspecified atom stereocenters. The molecule has 1 heterocycles. The third-order valence-corrected chi connectivity index (χ3v) is 3.42. The predicted molar refractivity (Wildman–Crippen MR) is 82.4 cm³/mol. The zero-order valence-electron chi connectivity index (χ0n) is 13.9. The molecule has 0 bridgehead atoms. The van der Waals surface area contributed by atoms with E-state index in [0.717, 1.165) is 6.07 Å². The number of hydrogen-bond donors (Lipinski definition) is 0. The van der Waals surface area contributed by atoms with Crippen LogP contribution in [0.15, 0.2) is 12.1 Å². The topological polar surface area (TPSA) is 27.1 Å². The molecule has 25 heavy (non-hydrogen) atoms. The van der Waals surface area contributed by atoms with Gasteiger partial charge in [-0.25, -0.2) is 4.98 Å². The molecule has 0 amide bonds. The van der Waals surface area contributed by atoms with E-state index < -0.39 is 40.5 Å². The summed E-state index contributed by atoms with van der Waals surface area (Å²) < 4.78 is 83.7. The number of hydrogen-bond acceptors (Lipinski definition) is 2. The average molecular weight is 391 g/mol. The Bertz CT molecular complexity index is 723. The second-order valence-corrected chi connectivity index (χ2v) is 5.08. The minimum Gasteiger partial charge on any atom is -0.359 e. The van der Waals surface area contributed by atoms with Gasteiger partial charge in [-0.1, -0.05) is 25.4 Å². The number of rotatable bonds is 3. The number of fused-ring (bicyclic) bond motifs is 1. The fourth-order valence-electron chi connectivity index (χ4n) is 2.22. The van der Waals surface area contributed by atoms with Crippen molar-refractivity contribution in [2.24, 2.45) is 0 Å². The Morgan fingerprint density at radius 1 is 1.12 bits per heavy atom. The third-order valence-electron chi connectivity index (χ3n) is 3.11. The molecule has 10 heteroatoms. The summed E-state index contributed by atoms with van der Waals surface area (Å²) in [6.07, 6.45) is -10.7. The van der Waals surface area contributed by atoms with Crippen LogP contribution >= 0.6 is 11.6 Å². The number of imidazole rings is 1. The monoisotopic (exact) mass is 390 g/mol. The Hall–Kier alpha value is -1.48. The fourth-order valence-corrected chi connectivity index (χ4v) is 2.48. The lowest BCUT2D eigenvalue weighted by atomic mass is 10.2. The predicted octanol–water partition coefficient (Wildman–Crippen LogP) is 6.31. The van der Waals surface area contributed by atoms with Crippen molar-refractivity contribution in [2.45, 2.75) is 46.3 Å². The standard InChI is InChI=1S/C13H11ClF6N2O.C2H6/c1-3-23-6(2)22-10-5-8(14)7(12(15,16)17)4-9(10)21-11(22)13(18,19)20;1-2/h4-6H,3H2,1-2H3;1-2H3. The van der Waals surface area contributed by atoms with E-state index in [1.165, 1.54) is 6.92 Å². The first-order chi connectivity index (χ1) is 11.5. The molecule has 2 rings (SSSR count). The molecular formula is C15H17ClF6N2O. The Morgan fingerprint density at radius 3 is 2.12 bits per heavy atom. The van der Waals surface area contributed by atoms with Crippen molar-refractivity contribution in [3.63, 3.8) is 0 Å². The maximum absolute atomic E-state index is 13.1. The van der Waals surface area contributed by atoms with Crippen LogP contribution in [0.4, 0.5) is 26.3 Å². The van der Waals surface area contributed by atoms with Crippen molar-refractivity contribution in [3.8, 4) is 0 Å². The summed E-state index contributed by atoms with van der Waals surface area (Å²) in [5.41, 5.74) is -1.88. The minimum absolute atomic E-state index is 0.118. The van der Waals surface area contributed by atoms with Crippen LogP contribution in [-0.2, 0) is 17.1 Å². The summed E-state index contributed by atoms with van der Waals surface area (Å²) in [4.78, 5) is 3.30. The second kappa shape index (κ2) is 7.82. The number of aromatic nitrogens is 2. The van der Waals surface area contributed by atoms with Gasteiger partial charge in [0.1, 0.15) is 6.23 Å². The molecule has 2 aromatic rings. The van der Waals surface area contributed by atoms with E-state index in [1.807, 2.05) is 13.8 Å². The molecule has 0 aliphatic heterocycles. The van der Waals surface area contributed by atoms with Crippen molar-refractivity contribution in [1.29, 1.82) is 0 Å². The minimum atomic E-state index is -4.85. The van der Waals surface area contributed by atoms with Gasteiger partial charge in [-0.2, -0.15) is 26.3 Å². The van der Waals surface area contributed by atoms with Crippen molar-refractivity contribution in [2.75, 3.05) is 6.61 Å². The van der Waals surface area contributed by atoms with Crippen LogP contribution in [0.3, 0.4) is 0 Å². The molecule has 0 saturated carbocycles. The first-order valence-corrected chi connectivity index (χ1v) is 7.82. The van der Waals surface area contributed by atoms with E-state index >= 15 is 0 Å². The van der Waals surface area contributed by atoms with Crippen molar-refractivity contribution in [1.82, 2.24) is 9.55 Å². The lowest BCUT2D eigenvalue weighted by molar-refractivity contribution is -0.151. The Morgan fingerprint density at radius 2 is 1.68 bits per heavy atom. The molecule has 3 nitrogen and oxygen atoms in total. The maximum Gasteiger partial charge on any atom is 0.449 e. The van der Waals surface area contributed by atoms with Gasteiger partial charge in [0, 0.05) is 6.61 Å². The molecule has 1 atom stereocenters. The van der Waals surface area contributed by atoms with Gasteiger partial charge < -0.3 is 4.74 Å². The van der Waals surface area contributed by atoms with Crippen LogP contribution in [0.5, 0.6) is 0 Å². The molecule has 0 radical (unpaired) electrons. The van der Waals surface area contributed by atoms with E-state index in [1.54, 1.807) is 6.92 Å². The highest BCUT2D eigenvalue weighted by atomic mass is 35.5. The van der Waals surface area contributed by atoms with Gasteiger partial charge in [0.05, 0.1) is 21.6 Å². The molecule has 1 aromatic heterocycles. The van der Waals surface area contributed by atoms with Crippen LogP contribution in [0, 0.1) is 0 Å². The molecule has 142 valence electrons. The third kappa shape index (κ3) is 4.58. The van der Waals surface area contributed by atoms with Crippen molar-refractivity contribution < 1.29 is 31.1 Å². The summed E-state index contributed by atoms with van der Waals surface area (Å²) in [6.45, 7) is 7.04. The van der Waals surface area contributed by atoms with Crippen LogP contribution in [0.1, 0.15) is 45.3 Å². The van der Waals surface area contributed by atoms with Gasteiger partial charge in [-0.15, -0.1) is 0 Å². The highest BCUT2D eigenvalue weighted by Gasteiger charge is 2.40. The van der Waals surface area contributed by atoms with E-state index in [0.29, 0.717) is 10.6 Å². The zero-order valence-corrected chi connectivity index (χ0v) is 14.6. The lowest BCUT2D eigenvalue weighted by Gasteiger charge is -2.18. The summed E-state index contributed by atoms with van der Waals surface area (Å²) in [7, 11) is 0. The van der Waals surface area contributed by atoms with E-state index in [9.17, 15) is 26.3 Å². The van der Waals surface area contributed by atoms with Crippen molar-refractivity contribution in [3.05, 3.63) is 28.5 Å². The fraction of sp³-hybridized carbons (Fsp3) is 0.533.